The van der Waals surface area contributed by atoms with Crippen LogP contribution in [0.1, 0.15) is 20.3 Å². The first-order chi connectivity index (χ1) is 4.70. The molecule has 0 aliphatic heterocycles. The van der Waals surface area contributed by atoms with Gasteiger partial charge in [-0.1, -0.05) is 19.9 Å². The fourth-order valence-corrected chi connectivity index (χ4v) is 1.01. The van der Waals surface area contributed by atoms with Crippen LogP contribution in [0.4, 0.5) is 0 Å². The maximum Gasteiger partial charge on any atom is 0.0966 e. The normalized spacial score (nSPS) is 18.7. The van der Waals surface area contributed by atoms with Crippen LogP contribution >= 0.6 is 0 Å². The van der Waals surface area contributed by atoms with Gasteiger partial charge in [-0.3, -0.25) is 0 Å². The number of hydrogen-bond donors (Lipinski definition) is 1. The van der Waals surface area contributed by atoms with Crippen LogP contribution in [0.25, 0.3) is 0 Å². The lowest BCUT2D eigenvalue weighted by Crippen LogP contribution is -1.97. The number of hydrogen-bond acceptors (Lipinski definition) is 1. The number of aliphatic hydroxyl groups excluding tert-OH is 1. The van der Waals surface area contributed by atoms with Gasteiger partial charge in [-0.05, 0) is 24.0 Å². The van der Waals surface area contributed by atoms with Gasteiger partial charge < -0.3 is 5.11 Å². The number of allylic oxidation sites excluding steroid dienone is 4. The van der Waals surface area contributed by atoms with Gasteiger partial charge in [-0.25, -0.2) is 0 Å². The van der Waals surface area contributed by atoms with E-state index in [0.29, 0.717) is 11.7 Å². The Morgan fingerprint density at radius 2 is 2.20 bits per heavy atom. The Morgan fingerprint density at radius 1 is 1.50 bits per heavy atom. The monoisotopic (exact) mass is 137 g/mol. The maximum absolute atomic E-state index is 9.09. The molecular weight excluding hydrogens is 124 g/mol. The van der Waals surface area contributed by atoms with Crippen LogP contribution in [0, 0.1) is 12.3 Å². The topological polar surface area (TPSA) is 20.2 Å². The third kappa shape index (κ3) is 1.63. The third-order valence-electron chi connectivity index (χ3n) is 1.66. The van der Waals surface area contributed by atoms with E-state index in [-0.39, 0.29) is 0 Å². The summed E-state index contributed by atoms with van der Waals surface area (Å²) in [5.41, 5.74) is 1.24. The first kappa shape index (κ1) is 7.39. The highest BCUT2D eigenvalue weighted by Crippen LogP contribution is 2.19. The van der Waals surface area contributed by atoms with E-state index < -0.39 is 0 Å². The molecule has 10 heavy (non-hydrogen) atoms. The van der Waals surface area contributed by atoms with E-state index in [4.69, 9.17) is 5.11 Å². The van der Waals surface area contributed by atoms with Crippen molar-refractivity contribution in [3.8, 4) is 0 Å². The van der Waals surface area contributed by atoms with Crippen LogP contribution in [-0.4, -0.2) is 5.11 Å². The molecule has 1 aliphatic carbocycles. The van der Waals surface area contributed by atoms with Crippen LogP contribution in [0.3, 0.4) is 0 Å². The van der Waals surface area contributed by atoms with Crippen molar-refractivity contribution >= 4 is 0 Å². The van der Waals surface area contributed by atoms with Crippen molar-refractivity contribution in [3.63, 3.8) is 0 Å². The van der Waals surface area contributed by atoms with Gasteiger partial charge in [0, 0.05) is 6.42 Å². The molecule has 55 valence electrons. The molecule has 0 aromatic carbocycles. The van der Waals surface area contributed by atoms with E-state index in [0.717, 1.165) is 6.42 Å². The van der Waals surface area contributed by atoms with Gasteiger partial charge in [0.05, 0.1) is 5.76 Å². The van der Waals surface area contributed by atoms with Crippen LogP contribution in [0.5, 0.6) is 0 Å². The second-order valence-electron chi connectivity index (χ2n) is 2.87. The lowest BCUT2D eigenvalue weighted by Gasteiger charge is -2.11. The van der Waals surface area contributed by atoms with Gasteiger partial charge in [0.1, 0.15) is 0 Å². The van der Waals surface area contributed by atoms with Crippen molar-refractivity contribution in [3.05, 3.63) is 29.9 Å². The number of aliphatic hydroxyl groups is 1. The molecule has 1 N–H and O–H groups in total. The molecule has 0 amide bonds. The summed E-state index contributed by atoms with van der Waals surface area (Å²) < 4.78 is 0. The summed E-state index contributed by atoms with van der Waals surface area (Å²) in [6.45, 7) is 4.25. The predicted octanol–water partition coefficient (Wildman–Crippen LogP) is 2.62. The van der Waals surface area contributed by atoms with E-state index in [1.165, 1.54) is 5.57 Å². The lowest BCUT2D eigenvalue weighted by molar-refractivity contribution is 0.415. The van der Waals surface area contributed by atoms with Crippen molar-refractivity contribution in [1.29, 1.82) is 0 Å². The second-order valence-corrected chi connectivity index (χ2v) is 2.87. The van der Waals surface area contributed by atoms with Crippen LogP contribution < -0.4 is 0 Å². The molecule has 0 heterocycles. The standard InChI is InChI=1S/C9H13O/c1-7(2)8-4-3-5-9(10)6-8/h4-7,10H,3H2,1-2H3. The van der Waals surface area contributed by atoms with E-state index in [1.54, 1.807) is 0 Å². The second kappa shape index (κ2) is 2.91. The minimum absolute atomic E-state index is 0.409. The van der Waals surface area contributed by atoms with Gasteiger partial charge in [0.15, 0.2) is 0 Å². The molecule has 0 fully saturated rings. The zero-order valence-corrected chi connectivity index (χ0v) is 6.46. The molecule has 1 aliphatic rings. The third-order valence-corrected chi connectivity index (χ3v) is 1.66. The Hall–Kier alpha value is -0.720. The minimum atomic E-state index is 0.409. The van der Waals surface area contributed by atoms with Gasteiger partial charge in [0.2, 0.25) is 0 Å². The average molecular weight is 137 g/mol. The zero-order chi connectivity index (χ0) is 7.56. The zero-order valence-electron chi connectivity index (χ0n) is 6.46. The highest BCUT2D eigenvalue weighted by Gasteiger charge is 2.06. The summed E-state index contributed by atoms with van der Waals surface area (Å²) in [5.74, 6) is 0.932. The molecule has 0 aromatic heterocycles. The Balaban J connectivity index is 2.69. The first-order valence-electron chi connectivity index (χ1n) is 3.64. The van der Waals surface area contributed by atoms with Gasteiger partial charge in [-0.2, -0.15) is 0 Å². The van der Waals surface area contributed by atoms with Crippen molar-refractivity contribution < 1.29 is 5.11 Å². The summed E-state index contributed by atoms with van der Waals surface area (Å²) in [6.07, 6.45) is 6.65. The highest BCUT2D eigenvalue weighted by atomic mass is 16.3. The summed E-state index contributed by atoms with van der Waals surface area (Å²) >= 11 is 0. The fourth-order valence-electron chi connectivity index (χ4n) is 1.01. The maximum atomic E-state index is 9.09. The van der Waals surface area contributed by atoms with E-state index in [9.17, 15) is 0 Å². The quantitative estimate of drug-likeness (QED) is 0.589. The lowest BCUT2D eigenvalue weighted by atomic mass is 9.96. The molecule has 0 bridgehead atoms. The molecule has 0 unspecified atom stereocenters. The largest absolute Gasteiger partial charge is 0.512 e. The predicted molar refractivity (Wildman–Crippen MR) is 42.5 cm³/mol. The Morgan fingerprint density at radius 3 is 2.60 bits per heavy atom. The van der Waals surface area contributed by atoms with Crippen molar-refractivity contribution in [2.45, 2.75) is 20.3 Å². The molecule has 1 radical (unpaired) electrons. The molecule has 0 saturated carbocycles. The van der Waals surface area contributed by atoms with Crippen LogP contribution in [0.15, 0.2) is 23.5 Å². The van der Waals surface area contributed by atoms with Crippen molar-refractivity contribution in [1.82, 2.24) is 0 Å². The van der Waals surface area contributed by atoms with Gasteiger partial charge >= 0.3 is 0 Å². The van der Waals surface area contributed by atoms with Crippen LogP contribution in [0.2, 0.25) is 0 Å². The van der Waals surface area contributed by atoms with Gasteiger partial charge in [0.25, 0.3) is 0 Å². The van der Waals surface area contributed by atoms with Crippen LogP contribution in [-0.2, 0) is 0 Å². The van der Waals surface area contributed by atoms with Gasteiger partial charge in [-0.15, -0.1) is 0 Å². The average Bonchev–Trinajstić information content (AvgIpc) is 1.88. The molecular formula is C9H13O. The Labute approximate surface area is 62.1 Å². The molecule has 1 nitrogen and oxygen atoms in total. The molecule has 1 rings (SSSR count). The highest BCUT2D eigenvalue weighted by molar-refractivity contribution is 5.30. The van der Waals surface area contributed by atoms with E-state index in [2.05, 4.69) is 19.9 Å². The molecule has 0 saturated heterocycles. The first-order valence-corrected chi connectivity index (χ1v) is 3.64. The summed E-state index contributed by atoms with van der Waals surface area (Å²) in [5, 5.41) is 9.09. The molecule has 0 atom stereocenters. The Bertz CT molecular complexity index is 175. The van der Waals surface area contributed by atoms with E-state index in [1.807, 2.05) is 12.5 Å². The van der Waals surface area contributed by atoms with E-state index >= 15 is 0 Å². The Kier molecular flexibility index (Phi) is 2.15. The minimum Gasteiger partial charge on any atom is -0.512 e. The van der Waals surface area contributed by atoms with Crippen molar-refractivity contribution in [2.75, 3.05) is 0 Å². The SMILES string of the molecule is CC(C)C1=CC[CH]C(O)=C1. The summed E-state index contributed by atoms with van der Waals surface area (Å²) in [4.78, 5) is 0. The summed E-state index contributed by atoms with van der Waals surface area (Å²) in [7, 11) is 0. The molecule has 0 aromatic rings. The summed E-state index contributed by atoms with van der Waals surface area (Å²) in [6, 6.07) is 0. The fraction of sp³-hybridized carbons (Fsp3) is 0.444. The van der Waals surface area contributed by atoms with Crippen molar-refractivity contribution in [2.24, 2.45) is 5.92 Å². The molecule has 0 spiro atoms. The molecule has 1 heteroatoms. The number of rotatable bonds is 1. The smallest absolute Gasteiger partial charge is 0.0966 e.